The summed E-state index contributed by atoms with van der Waals surface area (Å²) in [6, 6.07) is 6.58. The van der Waals surface area contributed by atoms with Crippen molar-refractivity contribution in [2.24, 2.45) is 0 Å². The molecule has 0 atom stereocenters. The molecule has 0 spiro atoms. The van der Waals surface area contributed by atoms with Crippen LogP contribution in [-0.4, -0.2) is 18.2 Å². The van der Waals surface area contributed by atoms with Crippen molar-refractivity contribution in [1.82, 2.24) is 9.78 Å². The SMILES string of the molecule is Cc1cccc(Cl)c1-n1nccc1S(=O)(=O)Cl. The zero-order valence-corrected chi connectivity index (χ0v) is 11.1. The van der Waals surface area contributed by atoms with Crippen molar-refractivity contribution in [3.05, 3.63) is 41.0 Å². The molecule has 17 heavy (non-hydrogen) atoms. The average molecular weight is 291 g/mol. The molecule has 0 fully saturated rings. The maximum absolute atomic E-state index is 11.4. The van der Waals surface area contributed by atoms with Gasteiger partial charge >= 0.3 is 0 Å². The summed E-state index contributed by atoms with van der Waals surface area (Å²) in [5.74, 6) is 0. The van der Waals surface area contributed by atoms with Gasteiger partial charge in [0.15, 0.2) is 5.03 Å². The lowest BCUT2D eigenvalue weighted by atomic mass is 10.2. The van der Waals surface area contributed by atoms with Gasteiger partial charge in [-0.3, -0.25) is 0 Å². The van der Waals surface area contributed by atoms with E-state index in [2.05, 4.69) is 5.10 Å². The van der Waals surface area contributed by atoms with E-state index in [4.69, 9.17) is 22.3 Å². The molecule has 0 unspecified atom stereocenters. The highest BCUT2D eigenvalue weighted by molar-refractivity contribution is 8.13. The van der Waals surface area contributed by atoms with Crippen LogP contribution in [0.1, 0.15) is 5.56 Å². The molecule has 0 radical (unpaired) electrons. The van der Waals surface area contributed by atoms with Crippen LogP contribution in [0.4, 0.5) is 0 Å². The Morgan fingerprint density at radius 3 is 2.59 bits per heavy atom. The Bertz CT molecular complexity index is 644. The van der Waals surface area contributed by atoms with Crippen LogP contribution < -0.4 is 0 Å². The van der Waals surface area contributed by atoms with E-state index in [1.807, 2.05) is 13.0 Å². The molecule has 7 heteroatoms. The van der Waals surface area contributed by atoms with E-state index in [-0.39, 0.29) is 5.03 Å². The topological polar surface area (TPSA) is 52.0 Å². The number of rotatable bonds is 2. The largest absolute Gasteiger partial charge is 0.278 e. The van der Waals surface area contributed by atoms with Crippen LogP contribution in [0.25, 0.3) is 5.69 Å². The van der Waals surface area contributed by atoms with Crippen molar-refractivity contribution in [2.75, 3.05) is 0 Å². The van der Waals surface area contributed by atoms with Gasteiger partial charge in [0.2, 0.25) is 0 Å². The predicted molar refractivity (Wildman–Crippen MR) is 66.3 cm³/mol. The first-order chi connectivity index (χ1) is 7.91. The second kappa shape index (κ2) is 4.33. The van der Waals surface area contributed by atoms with E-state index in [9.17, 15) is 8.42 Å². The Balaban J connectivity index is 2.75. The molecular formula is C10H8Cl2N2O2S. The maximum atomic E-state index is 11.4. The van der Waals surface area contributed by atoms with Crippen LogP contribution in [0.2, 0.25) is 5.02 Å². The monoisotopic (exact) mass is 290 g/mol. The van der Waals surface area contributed by atoms with Crippen LogP contribution >= 0.6 is 22.3 Å². The van der Waals surface area contributed by atoms with Gasteiger partial charge < -0.3 is 0 Å². The van der Waals surface area contributed by atoms with Crippen molar-refractivity contribution in [3.63, 3.8) is 0 Å². The molecule has 2 aromatic rings. The smallest absolute Gasteiger partial charge is 0.219 e. The van der Waals surface area contributed by atoms with E-state index < -0.39 is 9.05 Å². The molecule has 1 aromatic heterocycles. The van der Waals surface area contributed by atoms with Crippen LogP contribution in [0.5, 0.6) is 0 Å². The number of hydrogen-bond donors (Lipinski definition) is 0. The lowest BCUT2D eigenvalue weighted by molar-refractivity contribution is 0.599. The van der Waals surface area contributed by atoms with E-state index in [1.54, 1.807) is 12.1 Å². The summed E-state index contributed by atoms with van der Waals surface area (Å²) >= 11 is 6.04. The maximum Gasteiger partial charge on any atom is 0.278 e. The summed E-state index contributed by atoms with van der Waals surface area (Å²) in [6.45, 7) is 1.81. The zero-order chi connectivity index (χ0) is 12.6. The molecule has 0 saturated carbocycles. The molecular weight excluding hydrogens is 283 g/mol. The first-order valence-electron chi connectivity index (χ1n) is 4.65. The van der Waals surface area contributed by atoms with E-state index in [0.717, 1.165) is 5.56 Å². The summed E-state index contributed by atoms with van der Waals surface area (Å²) in [5.41, 5.74) is 1.32. The van der Waals surface area contributed by atoms with E-state index in [0.29, 0.717) is 10.7 Å². The second-order valence-corrected chi connectivity index (χ2v) is 6.34. The second-order valence-electron chi connectivity index (χ2n) is 3.42. The van der Waals surface area contributed by atoms with Gasteiger partial charge in [-0.05, 0) is 24.6 Å². The number of hydrogen-bond acceptors (Lipinski definition) is 3. The zero-order valence-electron chi connectivity index (χ0n) is 8.76. The van der Waals surface area contributed by atoms with Crippen LogP contribution in [0, 0.1) is 6.92 Å². The lowest BCUT2D eigenvalue weighted by Crippen LogP contribution is -2.06. The van der Waals surface area contributed by atoms with Crippen molar-refractivity contribution in [1.29, 1.82) is 0 Å². The Hall–Kier alpha value is -1.04. The van der Waals surface area contributed by atoms with Crippen molar-refractivity contribution < 1.29 is 8.42 Å². The van der Waals surface area contributed by atoms with Gasteiger partial charge in [-0.15, -0.1) is 0 Å². The quantitative estimate of drug-likeness (QED) is 0.799. The Labute approximate surface area is 108 Å². The molecule has 0 bridgehead atoms. The highest BCUT2D eigenvalue weighted by Crippen LogP contribution is 2.27. The molecule has 0 amide bonds. The van der Waals surface area contributed by atoms with Gasteiger partial charge in [0, 0.05) is 10.7 Å². The van der Waals surface area contributed by atoms with E-state index >= 15 is 0 Å². The molecule has 4 nitrogen and oxygen atoms in total. The summed E-state index contributed by atoms with van der Waals surface area (Å²) in [6.07, 6.45) is 1.36. The van der Waals surface area contributed by atoms with Gasteiger partial charge in [0.25, 0.3) is 9.05 Å². The fourth-order valence-electron chi connectivity index (χ4n) is 1.54. The van der Waals surface area contributed by atoms with Crippen LogP contribution in [-0.2, 0) is 9.05 Å². The number of para-hydroxylation sites is 1. The van der Waals surface area contributed by atoms with Gasteiger partial charge in [-0.25, -0.2) is 13.1 Å². The molecule has 1 heterocycles. The minimum atomic E-state index is -3.86. The molecule has 0 aliphatic carbocycles. The van der Waals surface area contributed by atoms with Gasteiger partial charge in [0.1, 0.15) is 0 Å². The third kappa shape index (κ3) is 2.31. The first-order valence-corrected chi connectivity index (χ1v) is 7.34. The minimum absolute atomic E-state index is 0.102. The fourth-order valence-corrected chi connectivity index (χ4v) is 2.76. The lowest BCUT2D eigenvalue weighted by Gasteiger charge is -2.10. The highest BCUT2D eigenvalue weighted by Gasteiger charge is 2.19. The molecule has 1 aromatic carbocycles. The molecule has 2 rings (SSSR count). The van der Waals surface area contributed by atoms with Crippen LogP contribution in [0.15, 0.2) is 35.5 Å². The predicted octanol–water partition coefficient (Wildman–Crippen LogP) is 2.76. The third-order valence-corrected chi connectivity index (χ3v) is 3.85. The third-order valence-electron chi connectivity index (χ3n) is 2.26. The van der Waals surface area contributed by atoms with Crippen LogP contribution in [0.3, 0.4) is 0 Å². The summed E-state index contributed by atoms with van der Waals surface area (Å²) in [4.78, 5) is 0. The summed E-state index contributed by atoms with van der Waals surface area (Å²) in [7, 11) is 1.47. The summed E-state index contributed by atoms with van der Waals surface area (Å²) in [5, 5.41) is 4.25. The number of aromatic nitrogens is 2. The van der Waals surface area contributed by atoms with Gasteiger partial charge in [0.05, 0.1) is 16.9 Å². The fraction of sp³-hybridized carbons (Fsp3) is 0.100. The van der Waals surface area contributed by atoms with Crippen molar-refractivity contribution >= 4 is 31.3 Å². The van der Waals surface area contributed by atoms with Gasteiger partial charge in [-0.1, -0.05) is 23.7 Å². The standard InChI is InChI=1S/C10H8Cl2N2O2S/c1-7-3-2-4-8(11)10(7)14-9(5-6-13-14)17(12,15)16/h2-6H,1H3. The first kappa shape index (κ1) is 12.4. The minimum Gasteiger partial charge on any atom is -0.219 e. The average Bonchev–Trinajstić information content (AvgIpc) is 2.65. The number of benzene rings is 1. The van der Waals surface area contributed by atoms with Crippen molar-refractivity contribution in [2.45, 2.75) is 11.9 Å². The number of halogens is 2. The normalized spacial score (nSPS) is 11.7. The number of nitrogens with zero attached hydrogens (tertiary/aromatic N) is 2. The highest BCUT2D eigenvalue weighted by atomic mass is 35.7. The Morgan fingerprint density at radius 1 is 1.29 bits per heavy atom. The number of aryl methyl sites for hydroxylation is 1. The Kier molecular flexibility index (Phi) is 3.16. The molecule has 0 aliphatic rings. The molecule has 0 N–H and O–H groups in total. The van der Waals surface area contributed by atoms with E-state index in [1.165, 1.54) is 16.9 Å². The van der Waals surface area contributed by atoms with Crippen molar-refractivity contribution in [3.8, 4) is 5.69 Å². The molecule has 0 saturated heterocycles. The summed E-state index contributed by atoms with van der Waals surface area (Å²) < 4.78 is 24.0. The molecule has 0 aliphatic heterocycles. The van der Waals surface area contributed by atoms with Gasteiger partial charge in [-0.2, -0.15) is 5.10 Å². The Morgan fingerprint density at radius 2 is 2.00 bits per heavy atom. The molecule has 90 valence electrons.